The van der Waals surface area contributed by atoms with Gasteiger partial charge in [0.2, 0.25) is 0 Å². The van der Waals surface area contributed by atoms with Crippen LogP contribution >= 0.6 is 0 Å². The van der Waals surface area contributed by atoms with Gasteiger partial charge in [0.1, 0.15) is 5.82 Å². The number of benzene rings is 1. The molecule has 3 aromatic rings. The SMILES string of the molecule is Cc1c(C(=O)NCc2ccc(N3CCC(C)CC3)nc2)nnn1-c1cccc([N+](=O)[O-])c1. The van der Waals surface area contributed by atoms with Crippen LogP contribution in [-0.2, 0) is 6.54 Å². The predicted molar refractivity (Wildman–Crippen MR) is 119 cm³/mol. The summed E-state index contributed by atoms with van der Waals surface area (Å²) in [6.45, 7) is 6.32. The van der Waals surface area contributed by atoms with Crippen LogP contribution in [0.4, 0.5) is 11.5 Å². The molecule has 3 heterocycles. The number of amides is 1. The van der Waals surface area contributed by atoms with Crippen LogP contribution in [0.5, 0.6) is 0 Å². The minimum atomic E-state index is -0.478. The highest BCUT2D eigenvalue weighted by molar-refractivity contribution is 5.93. The van der Waals surface area contributed by atoms with E-state index in [-0.39, 0.29) is 17.3 Å². The molecule has 32 heavy (non-hydrogen) atoms. The molecule has 0 atom stereocenters. The Morgan fingerprint density at radius 3 is 2.72 bits per heavy atom. The Morgan fingerprint density at radius 1 is 1.25 bits per heavy atom. The molecule has 1 aliphatic rings. The number of hydrogen-bond acceptors (Lipinski definition) is 7. The fourth-order valence-corrected chi connectivity index (χ4v) is 3.73. The van der Waals surface area contributed by atoms with Crippen molar-refractivity contribution in [3.05, 3.63) is 69.7 Å². The number of carbonyl (C=O) groups excluding carboxylic acids is 1. The third-order valence-electron chi connectivity index (χ3n) is 5.76. The van der Waals surface area contributed by atoms with Gasteiger partial charge in [-0.15, -0.1) is 5.10 Å². The largest absolute Gasteiger partial charge is 0.357 e. The first-order valence-corrected chi connectivity index (χ1v) is 10.6. The number of hydrogen-bond donors (Lipinski definition) is 1. The number of non-ortho nitro benzene ring substituents is 1. The lowest BCUT2D eigenvalue weighted by Crippen LogP contribution is -2.33. The third kappa shape index (κ3) is 4.58. The average Bonchev–Trinajstić information content (AvgIpc) is 3.20. The maximum Gasteiger partial charge on any atom is 0.274 e. The zero-order chi connectivity index (χ0) is 22.7. The summed E-state index contributed by atoms with van der Waals surface area (Å²) in [6, 6.07) is 9.98. The zero-order valence-corrected chi connectivity index (χ0v) is 18.1. The summed E-state index contributed by atoms with van der Waals surface area (Å²) < 4.78 is 1.41. The van der Waals surface area contributed by atoms with Crippen LogP contribution in [0.2, 0.25) is 0 Å². The topological polar surface area (TPSA) is 119 Å². The van der Waals surface area contributed by atoms with Gasteiger partial charge in [-0.05, 0) is 43.4 Å². The maximum absolute atomic E-state index is 12.6. The Hall–Kier alpha value is -3.82. The Morgan fingerprint density at radius 2 is 2.03 bits per heavy atom. The van der Waals surface area contributed by atoms with E-state index in [1.807, 2.05) is 12.1 Å². The van der Waals surface area contributed by atoms with Gasteiger partial charge in [0, 0.05) is 38.0 Å². The summed E-state index contributed by atoms with van der Waals surface area (Å²) in [5.41, 5.74) is 1.96. The van der Waals surface area contributed by atoms with Gasteiger partial charge in [0.05, 0.1) is 16.3 Å². The second-order valence-electron chi connectivity index (χ2n) is 8.09. The van der Waals surface area contributed by atoms with E-state index in [0.717, 1.165) is 30.4 Å². The van der Waals surface area contributed by atoms with Gasteiger partial charge < -0.3 is 10.2 Å². The summed E-state index contributed by atoms with van der Waals surface area (Å²) >= 11 is 0. The highest BCUT2D eigenvalue weighted by atomic mass is 16.6. The van der Waals surface area contributed by atoms with Crippen LogP contribution in [0.15, 0.2) is 42.6 Å². The number of rotatable bonds is 6. The van der Waals surface area contributed by atoms with E-state index < -0.39 is 4.92 Å². The Bertz CT molecular complexity index is 1120. The van der Waals surface area contributed by atoms with Gasteiger partial charge in [0.15, 0.2) is 5.69 Å². The molecule has 0 radical (unpaired) electrons. The van der Waals surface area contributed by atoms with E-state index in [1.165, 1.54) is 29.7 Å². The van der Waals surface area contributed by atoms with Crippen LogP contribution in [0.3, 0.4) is 0 Å². The summed E-state index contributed by atoms with van der Waals surface area (Å²) in [7, 11) is 0. The highest BCUT2D eigenvalue weighted by Gasteiger charge is 2.19. The fourth-order valence-electron chi connectivity index (χ4n) is 3.73. The number of nitrogens with zero attached hydrogens (tertiary/aromatic N) is 6. The molecule has 0 bridgehead atoms. The van der Waals surface area contributed by atoms with Gasteiger partial charge in [0.25, 0.3) is 11.6 Å². The van der Waals surface area contributed by atoms with Gasteiger partial charge in [-0.25, -0.2) is 9.67 Å². The number of nitro benzene ring substituents is 1. The van der Waals surface area contributed by atoms with Crippen molar-refractivity contribution >= 4 is 17.4 Å². The Kier molecular flexibility index (Phi) is 6.11. The van der Waals surface area contributed by atoms with Crippen LogP contribution in [0.1, 0.15) is 41.5 Å². The first-order chi connectivity index (χ1) is 15.4. The summed E-state index contributed by atoms with van der Waals surface area (Å²) in [4.78, 5) is 30.0. The van der Waals surface area contributed by atoms with Crippen molar-refractivity contribution in [3.63, 3.8) is 0 Å². The number of nitro groups is 1. The first kappa shape index (κ1) is 21.4. The van der Waals surface area contributed by atoms with E-state index in [0.29, 0.717) is 17.9 Å². The highest BCUT2D eigenvalue weighted by Crippen LogP contribution is 2.21. The van der Waals surface area contributed by atoms with Gasteiger partial charge in [-0.3, -0.25) is 14.9 Å². The normalized spacial score (nSPS) is 14.4. The minimum absolute atomic E-state index is 0.0570. The van der Waals surface area contributed by atoms with Crippen LogP contribution in [-0.4, -0.2) is 43.9 Å². The monoisotopic (exact) mass is 435 g/mol. The van der Waals surface area contributed by atoms with E-state index in [1.54, 1.807) is 25.3 Å². The number of nitrogens with one attached hydrogen (secondary N) is 1. The second kappa shape index (κ2) is 9.13. The zero-order valence-electron chi connectivity index (χ0n) is 18.1. The van der Waals surface area contributed by atoms with Crippen molar-refractivity contribution in [1.29, 1.82) is 0 Å². The summed E-state index contributed by atoms with van der Waals surface area (Å²) in [6.07, 6.45) is 4.13. The molecule has 0 spiro atoms. The lowest BCUT2D eigenvalue weighted by Gasteiger charge is -2.31. The second-order valence-corrected chi connectivity index (χ2v) is 8.09. The van der Waals surface area contributed by atoms with Crippen LogP contribution < -0.4 is 10.2 Å². The molecule has 2 aromatic heterocycles. The molecule has 1 aliphatic heterocycles. The lowest BCUT2D eigenvalue weighted by molar-refractivity contribution is -0.384. The van der Waals surface area contributed by atoms with Gasteiger partial charge in [-0.1, -0.05) is 24.3 Å². The molecule has 0 aliphatic carbocycles. The van der Waals surface area contributed by atoms with Crippen molar-refractivity contribution in [2.24, 2.45) is 5.92 Å². The molecular weight excluding hydrogens is 410 g/mol. The quantitative estimate of drug-likeness (QED) is 0.467. The molecule has 1 fully saturated rings. The smallest absolute Gasteiger partial charge is 0.274 e. The van der Waals surface area contributed by atoms with Crippen molar-refractivity contribution < 1.29 is 9.72 Å². The molecule has 10 heteroatoms. The van der Waals surface area contributed by atoms with Gasteiger partial charge >= 0.3 is 0 Å². The molecule has 1 N–H and O–H groups in total. The average molecular weight is 435 g/mol. The number of pyridine rings is 1. The molecule has 1 saturated heterocycles. The minimum Gasteiger partial charge on any atom is -0.357 e. The van der Waals surface area contributed by atoms with Crippen LogP contribution in [0, 0.1) is 23.0 Å². The van der Waals surface area contributed by atoms with E-state index in [4.69, 9.17) is 0 Å². The van der Waals surface area contributed by atoms with Gasteiger partial charge in [-0.2, -0.15) is 0 Å². The van der Waals surface area contributed by atoms with Crippen molar-refractivity contribution in [1.82, 2.24) is 25.3 Å². The molecule has 0 unspecified atom stereocenters. The van der Waals surface area contributed by atoms with E-state index in [2.05, 4.69) is 32.4 Å². The Labute approximate surface area is 185 Å². The first-order valence-electron chi connectivity index (χ1n) is 10.6. The molecular formula is C22H25N7O3. The molecule has 166 valence electrons. The van der Waals surface area contributed by atoms with E-state index >= 15 is 0 Å². The number of piperidine rings is 1. The number of carbonyl (C=O) groups is 1. The Balaban J connectivity index is 1.39. The third-order valence-corrected chi connectivity index (χ3v) is 5.76. The molecule has 0 saturated carbocycles. The lowest BCUT2D eigenvalue weighted by atomic mass is 9.99. The number of anilines is 1. The fraction of sp³-hybridized carbons (Fsp3) is 0.364. The summed E-state index contributed by atoms with van der Waals surface area (Å²) in [5.74, 6) is 1.36. The molecule has 1 aromatic carbocycles. The maximum atomic E-state index is 12.6. The molecule has 1 amide bonds. The predicted octanol–water partition coefficient (Wildman–Crippen LogP) is 3.05. The van der Waals surface area contributed by atoms with E-state index in [9.17, 15) is 14.9 Å². The standard InChI is InChI=1S/C22H25N7O3/c1-15-8-10-27(11-9-15)20-7-6-17(13-23-20)14-24-22(30)21-16(2)28(26-25-21)18-4-3-5-19(12-18)29(31)32/h3-7,12-13,15H,8-11,14H2,1-2H3,(H,24,30). The van der Waals surface area contributed by atoms with Crippen LogP contribution in [0.25, 0.3) is 5.69 Å². The molecule has 4 rings (SSSR count). The number of aromatic nitrogens is 4. The summed E-state index contributed by atoms with van der Waals surface area (Å²) in [5, 5.41) is 21.8. The van der Waals surface area contributed by atoms with Crippen molar-refractivity contribution in [3.8, 4) is 5.69 Å². The van der Waals surface area contributed by atoms with Crippen molar-refractivity contribution in [2.75, 3.05) is 18.0 Å². The molecule has 10 nitrogen and oxygen atoms in total. The van der Waals surface area contributed by atoms with Crippen molar-refractivity contribution in [2.45, 2.75) is 33.2 Å².